The van der Waals surface area contributed by atoms with Gasteiger partial charge in [0.15, 0.2) is 0 Å². The van der Waals surface area contributed by atoms with Crippen molar-refractivity contribution in [2.24, 2.45) is 0 Å². The number of anilines is 1. The molecule has 0 heterocycles. The number of benzene rings is 1. The van der Waals surface area contributed by atoms with E-state index >= 15 is 0 Å². The first-order valence-corrected chi connectivity index (χ1v) is 9.22. The van der Waals surface area contributed by atoms with Gasteiger partial charge in [-0.3, -0.25) is 0 Å². The molecule has 0 saturated carbocycles. The molecule has 0 bridgehead atoms. The van der Waals surface area contributed by atoms with Crippen molar-refractivity contribution in [1.82, 2.24) is 4.72 Å². The van der Waals surface area contributed by atoms with Gasteiger partial charge in [0, 0.05) is 18.5 Å². The lowest BCUT2D eigenvalue weighted by Gasteiger charge is -2.12. The maximum absolute atomic E-state index is 12.1. The molecule has 20 heavy (non-hydrogen) atoms. The van der Waals surface area contributed by atoms with Crippen LogP contribution in [0.3, 0.4) is 0 Å². The van der Waals surface area contributed by atoms with E-state index in [4.69, 9.17) is 10.5 Å². The number of methoxy groups -OCH3 is 1. The highest BCUT2D eigenvalue weighted by molar-refractivity contribution is 7.91. The summed E-state index contributed by atoms with van der Waals surface area (Å²) in [5.41, 5.74) is 6.70. The fourth-order valence-electron chi connectivity index (χ4n) is 1.49. The quantitative estimate of drug-likeness (QED) is 0.707. The summed E-state index contributed by atoms with van der Waals surface area (Å²) >= 11 is 0. The number of hydrogen-bond donors (Lipinski definition) is 2. The molecule has 0 atom stereocenters. The van der Waals surface area contributed by atoms with Crippen molar-refractivity contribution < 1.29 is 21.6 Å². The highest BCUT2D eigenvalue weighted by Gasteiger charge is 2.21. The van der Waals surface area contributed by atoms with Gasteiger partial charge in [-0.05, 0) is 24.6 Å². The largest absolute Gasteiger partial charge is 0.495 e. The van der Waals surface area contributed by atoms with Crippen LogP contribution >= 0.6 is 0 Å². The molecule has 0 spiro atoms. The zero-order valence-corrected chi connectivity index (χ0v) is 13.1. The number of aryl methyl sites for hydroxylation is 1. The molecular weight excluding hydrogens is 304 g/mol. The minimum absolute atomic E-state index is 0.114. The summed E-state index contributed by atoms with van der Waals surface area (Å²) in [6.07, 6.45) is 1.03. The van der Waals surface area contributed by atoms with Crippen molar-refractivity contribution in [3.63, 3.8) is 0 Å². The molecule has 0 aliphatic rings. The predicted octanol–water partition coefficient (Wildman–Crippen LogP) is -0.0913. The van der Waals surface area contributed by atoms with Crippen molar-refractivity contribution in [2.45, 2.75) is 11.8 Å². The lowest BCUT2D eigenvalue weighted by atomic mass is 10.2. The molecule has 9 heteroatoms. The number of sulfonamides is 1. The number of hydrogen-bond acceptors (Lipinski definition) is 6. The Morgan fingerprint density at radius 3 is 2.35 bits per heavy atom. The third kappa shape index (κ3) is 4.36. The van der Waals surface area contributed by atoms with E-state index < -0.39 is 19.9 Å². The fraction of sp³-hybridized carbons (Fsp3) is 0.455. The van der Waals surface area contributed by atoms with Crippen LogP contribution in [0.5, 0.6) is 5.75 Å². The maximum atomic E-state index is 12.1. The van der Waals surface area contributed by atoms with Gasteiger partial charge in [-0.15, -0.1) is 0 Å². The third-order valence-electron chi connectivity index (χ3n) is 2.61. The monoisotopic (exact) mass is 322 g/mol. The summed E-state index contributed by atoms with van der Waals surface area (Å²) in [7, 11) is -5.78. The molecule has 0 radical (unpaired) electrons. The number of ether oxygens (including phenoxy) is 1. The van der Waals surface area contributed by atoms with E-state index in [9.17, 15) is 16.8 Å². The smallest absolute Gasteiger partial charge is 0.244 e. The maximum Gasteiger partial charge on any atom is 0.244 e. The van der Waals surface area contributed by atoms with E-state index in [2.05, 4.69) is 4.72 Å². The SMILES string of the molecule is COc1cc(C)c(N)cc1S(=O)(=O)NCCS(C)(=O)=O. The van der Waals surface area contributed by atoms with Gasteiger partial charge in [-0.1, -0.05) is 0 Å². The predicted molar refractivity (Wildman–Crippen MR) is 77.0 cm³/mol. The normalized spacial score (nSPS) is 12.3. The molecule has 1 rings (SSSR count). The van der Waals surface area contributed by atoms with E-state index in [1.807, 2.05) is 0 Å². The van der Waals surface area contributed by atoms with Crippen LogP contribution in [0.15, 0.2) is 17.0 Å². The van der Waals surface area contributed by atoms with Crippen LogP contribution in [0.2, 0.25) is 0 Å². The molecule has 0 saturated heterocycles. The second kappa shape index (κ2) is 5.98. The molecule has 7 nitrogen and oxygen atoms in total. The van der Waals surface area contributed by atoms with Crippen LogP contribution in [0.1, 0.15) is 5.56 Å². The van der Waals surface area contributed by atoms with Gasteiger partial charge >= 0.3 is 0 Å². The number of sulfone groups is 1. The fourth-order valence-corrected chi connectivity index (χ4v) is 3.30. The van der Waals surface area contributed by atoms with Crippen LogP contribution in [0.4, 0.5) is 5.69 Å². The Labute approximate surface area is 119 Å². The number of nitrogen functional groups attached to an aromatic ring is 1. The second-order valence-corrected chi connectivity index (χ2v) is 8.38. The van der Waals surface area contributed by atoms with Crippen molar-refractivity contribution in [3.05, 3.63) is 17.7 Å². The molecule has 1 aromatic rings. The molecule has 114 valence electrons. The van der Waals surface area contributed by atoms with Gasteiger partial charge in [0.1, 0.15) is 20.5 Å². The zero-order chi connectivity index (χ0) is 15.6. The van der Waals surface area contributed by atoms with Crippen LogP contribution in [-0.2, 0) is 19.9 Å². The summed E-state index contributed by atoms with van der Waals surface area (Å²) in [4.78, 5) is -0.114. The summed E-state index contributed by atoms with van der Waals surface area (Å²) in [5.74, 6) is -0.126. The van der Waals surface area contributed by atoms with E-state index in [0.29, 0.717) is 11.3 Å². The minimum Gasteiger partial charge on any atom is -0.495 e. The third-order valence-corrected chi connectivity index (χ3v) is 5.03. The molecule has 3 N–H and O–H groups in total. The van der Waals surface area contributed by atoms with Crippen LogP contribution in [0.25, 0.3) is 0 Å². The van der Waals surface area contributed by atoms with E-state index in [1.54, 1.807) is 6.92 Å². The van der Waals surface area contributed by atoms with Crippen LogP contribution in [0, 0.1) is 6.92 Å². The number of rotatable bonds is 6. The van der Waals surface area contributed by atoms with E-state index in [1.165, 1.54) is 19.2 Å². The van der Waals surface area contributed by atoms with Gasteiger partial charge in [-0.25, -0.2) is 21.6 Å². The average molecular weight is 322 g/mol. The molecular formula is C11H18N2O5S2. The van der Waals surface area contributed by atoms with Gasteiger partial charge in [0.05, 0.1) is 12.9 Å². The van der Waals surface area contributed by atoms with Gasteiger partial charge in [0.2, 0.25) is 10.0 Å². The molecule has 1 aromatic carbocycles. The number of nitrogens with one attached hydrogen (secondary N) is 1. The lowest BCUT2D eigenvalue weighted by molar-refractivity contribution is 0.402. The standard InChI is InChI=1S/C11H18N2O5S2/c1-8-6-10(18-2)11(7-9(8)12)20(16,17)13-4-5-19(3,14)15/h6-7,13H,4-5,12H2,1-3H3. The first-order chi connectivity index (χ1) is 9.07. The highest BCUT2D eigenvalue weighted by Crippen LogP contribution is 2.28. The molecule has 0 fully saturated rings. The Morgan fingerprint density at radius 1 is 1.25 bits per heavy atom. The Hall–Kier alpha value is -1.32. The Kier molecular flexibility index (Phi) is 5.00. The number of nitrogens with two attached hydrogens (primary N) is 1. The molecule has 0 aromatic heterocycles. The summed E-state index contributed by atoms with van der Waals surface area (Å²) in [6, 6.07) is 2.80. The van der Waals surface area contributed by atoms with Crippen molar-refractivity contribution in [3.8, 4) is 5.75 Å². The topological polar surface area (TPSA) is 116 Å². The van der Waals surface area contributed by atoms with Gasteiger partial charge < -0.3 is 10.5 Å². The Balaban J connectivity index is 3.06. The van der Waals surface area contributed by atoms with Crippen molar-refractivity contribution in [1.29, 1.82) is 0 Å². The summed E-state index contributed by atoms with van der Waals surface area (Å²) in [5, 5.41) is 0. The Bertz CT molecular complexity index is 696. The van der Waals surface area contributed by atoms with Crippen LogP contribution < -0.4 is 15.2 Å². The highest BCUT2D eigenvalue weighted by atomic mass is 32.2. The van der Waals surface area contributed by atoms with E-state index in [-0.39, 0.29) is 22.9 Å². The molecule has 0 unspecified atom stereocenters. The second-order valence-electron chi connectivity index (χ2n) is 4.39. The van der Waals surface area contributed by atoms with Crippen LogP contribution in [-0.4, -0.2) is 42.5 Å². The zero-order valence-electron chi connectivity index (χ0n) is 11.5. The molecule has 0 amide bonds. The molecule has 0 aliphatic carbocycles. The van der Waals surface area contributed by atoms with Crippen molar-refractivity contribution in [2.75, 3.05) is 31.4 Å². The van der Waals surface area contributed by atoms with Crippen molar-refractivity contribution >= 4 is 25.5 Å². The summed E-state index contributed by atoms with van der Waals surface area (Å²) in [6.45, 7) is 1.52. The Morgan fingerprint density at radius 2 is 1.85 bits per heavy atom. The van der Waals surface area contributed by atoms with Gasteiger partial charge in [0.25, 0.3) is 0 Å². The first kappa shape index (κ1) is 16.7. The lowest BCUT2D eigenvalue weighted by Crippen LogP contribution is -2.29. The van der Waals surface area contributed by atoms with E-state index in [0.717, 1.165) is 6.26 Å². The average Bonchev–Trinajstić information content (AvgIpc) is 2.29. The first-order valence-electron chi connectivity index (χ1n) is 5.68. The minimum atomic E-state index is -3.88. The molecule has 0 aliphatic heterocycles. The summed E-state index contributed by atoms with van der Waals surface area (Å²) < 4.78 is 53.5. The van der Waals surface area contributed by atoms with Gasteiger partial charge in [-0.2, -0.15) is 0 Å².